The Bertz CT molecular complexity index is 574. The second kappa shape index (κ2) is 7.57. The van der Waals surface area contributed by atoms with Gasteiger partial charge in [0.15, 0.2) is 0 Å². The fourth-order valence-corrected chi connectivity index (χ4v) is 3.07. The van der Waals surface area contributed by atoms with Crippen LogP contribution in [0.25, 0.3) is 0 Å². The van der Waals surface area contributed by atoms with Crippen molar-refractivity contribution in [2.24, 2.45) is 11.8 Å². The van der Waals surface area contributed by atoms with Crippen LogP contribution in [0.4, 0.5) is 4.39 Å². The summed E-state index contributed by atoms with van der Waals surface area (Å²) in [7, 11) is 0. The highest BCUT2D eigenvalue weighted by molar-refractivity contribution is 5.84. The maximum atomic E-state index is 13.6. The predicted octanol–water partition coefficient (Wildman–Crippen LogP) is 2.55. The maximum Gasteiger partial charge on any atom is 0.225 e. The Hall–Kier alpha value is -1.91. The van der Waals surface area contributed by atoms with Crippen molar-refractivity contribution in [2.45, 2.75) is 33.1 Å². The third-order valence-corrected chi connectivity index (χ3v) is 4.29. The number of carbonyl (C=O) groups is 2. The molecule has 1 saturated heterocycles. The number of halogens is 1. The summed E-state index contributed by atoms with van der Waals surface area (Å²) >= 11 is 0. The molecular weight excluding hydrogens is 295 g/mol. The van der Waals surface area contributed by atoms with Gasteiger partial charge in [-0.3, -0.25) is 9.59 Å². The highest BCUT2D eigenvalue weighted by Crippen LogP contribution is 2.34. The minimum absolute atomic E-state index is 0.0391. The van der Waals surface area contributed by atoms with Crippen LogP contribution < -0.4 is 5.32 Å². The van der Waals surface area contributed by atoms with Gasteiger partial charge in [0, 0.05) is 31.5 Å². The predicted molar refractivity (Wildman–Crippen MR) is 87.3 cm³/mol. The van der Waals surface area contributed by atoms with Crippen molar-refractivity contribution in [1.82, 2.24) is 10.2 Å². The quantitative estimate of drug-likeness (QED) is 0.906. The van der Waals surface area contributed by atoms with Crippen molar-refractivity contribution in [2.75, 3.05) is 19.6 Å². The number of hydrogen-bond acceptors (Lipinski definition) is 2. The fraction of sp³-hybridized carbons (Fsp3) is 0.556. The van der Waals surface area contributed by atoms with Crippen molar-refractivity contribution in [1.29, 1.82) is 0 Å². The van der Waals surface area contributed by atoms with Crippen molar-refractivity contribution in [3.05, 3.63) is 35.6 Å². The summed E-state index contributed by atoms with van der Waals surface area (Å²) < 4.78 is 13.6. The van der Waals surface area contributed by atoms with Crippen LogP contribution >= 0.6 is 0 Å². The van der Waals surface area contributed by atoms with Gasteiger partial charge in [0.05, 0.1) is 5.92 Å². The van der Waals surface area contributed by atoms with Gasteiger partial charge in [-0.2, -0.15) is 0 Å². The van der Waals surface area contributed by atoms with Crippen molar-refractivity contribution >= 4 is 11.8 Å². The standard InChI is InChI=1S/C18H25FN2O2/c1-4-8-20-17(22)16-11-21(18(23)12(2)3)10-15(16)13-6-5-7-14(19)9-13/h5-7,9,12,15-16H,4,8,10-11H2,1-3H3,(H,20,22)/t15-,16+/m0/s1. The number of nitrogens with zero attached hydrogens (tertiary/aromatic N) is 1. The summed E-state index contributed by atoms with van der Waals surface area (Å²) in [6, 6.07) is 6.34. The zero-order valence-electron chi connectivity index (χ0n) is 14.0. The first kappa shape index (κ1) is 17.4. The fourth-order valence-electron chi connectivity index (χ4n) is 3.07. The van der Waals surface area contributed by atoms with E-state index in [1.807, 2.05) is 26.8 Å². The number of nitrogens with one attached hydrogen (secondary N) is 1. The molecule has 23 heavy (non-hydrogen) atoms. The zero-order chi connectivity index (χ0) is 17.0. The van der Waals surface area contributed by atoms with Crippen molar-refractivity contribution in [3.63, 3.8) is 0 Å². The first-order valence-electron chi connectivity index (χ1n) is 8.26. The van der Waals surface area contributed by atoms with Crippen molar-refractivity contribution < 1.29 is 14.0 Å². The molecule has 4 nitrogen and oxygen atoms in total. The van der Waals surface area contributed by atoms with E-state index in [1.54, 1.807) is 11.0 Å². The first-order valence-corrected chi connectivity index (χ1v) is 8.26. The van der Waals surface area contributed by atoms with Gasteiger partial charge in [-0.25, -0.2) is 4.39 Å². The SMILES string of the molecule is CCCNC(=O)[C@@H]1CN(C(=O)C(C)C)C[C@H]1c1cccc(F)c1. The van der Waals surface area contributed by atoms with E-state index in [0.717, 1.165) is 12.0 Å². The van der Waals surface area contributed by atoms with Gasteiger partial charge in [-0.15, -0.1) is 0 Å². The highest BCUT2D eigenvalue weighted by atomic mass is 19.1. The smallest absolute Gasteiger partial charge is 0.225 e. The molecule has 126 valence electrons. The first-order chi connectivity index (χ1) is 10.9. The summed E-state index contributed by atoms with van der Waals surface area (Å²) in [5.74, 6) is -0.932. The normalized spacial score (nSPS) is 20.8. The maximum absolute atomic E-state index is 13.6. The number of likely N-dealkylation sites (tertiary alicyclic amines) is 1. The molecule has 5 heteroatoms. The largest absolute Gasteiger partial charge is 0.356 e. The Morgan fingerprint density at radius 2 is 2.09 bits per heavy atom. The molecule has 1 aliphatic rings. The van der Waals surface area contributed by atoms with Gasteiger partial charge in [0.25, 0.3) is 0 Å². The lowest BCUT2D eigenvalue weighted by Gasteiger charge is -2.18. The van der Waals surface area contributed by atoms with Crippen LogP contribution in [0.2, 0.25) is 0 Å². The Labute approximate surface area is 137 Å². The van der Waals surface area contributed by atoms with Crippen LogP contribution in [0.3, 0.4) is 0 Å². The minimum atomic E-state index is -0.328. The minimum Gasteiger partial charge on any atom is -0.356 e. The molecule has 0 saturated carbocycles. The molecule has 0 bridgehead atoms. The molecule has 0 spiro atoms. The molecule has 0 aliphatic carbocycles. The van der Waals surface area contributed by atoms with Crippen LogP contribution in [-0.2, 0) is 9.59 Å². The van der Waals surface area contributed by atoms with Crippen LogP contribution in [0, 0.1) is 17.7 Å². The molecule has 0 aromatic heterocycles. The van der Waals surface area contributed by atoms with Gasteiger partial charge in [0.1, 0.15) is 5.82 Å². The lowest BCUT2D eigenvalue weighted by atomic mass is 9.88. The van der Waals surface area contributed by atoms with Crippen LogP contribution in [0.15, 0.2) is 24.3 Å². The third-order valence-electron chi connectivity index (χ3n) is 4.29. The molecule has 1 aromatic carbocycles. The van der Waals surface area contributed by atoms with Gasteiger partial charge >= 0.3 is 0 Å². The number of benzene rings is 1. The van der Waals surface area contributed by atoms with Crippen LogP contribution in [0.5, 0.6) is 0 Å². The molecule has 2 atom stereocenters. The summed E-state index contributed by atoms with van der Waals surface area (Å²) in [5.41, 5.74) is 0.778. The summed E-state index contributed by atoms with van der Waals surface area (Å²) in [4.78, 5) is 26.5. The molecule has 1 aliphatic heterocycles. The van der Waals surface area contributed by atoms with E-state index in [2.05, 4.69) is 5.32 Å². The molecule has 1 N–H and O–H groups in total. The molecule has 0 radical (unpaired) electrons. The molecular formula is C18H25FN2O2. The Morgan fingerprint density at radius 3 is 2.70 bits per heavy atom. The lowest BCUT2D eigenvalue weighted by molar-refractivity contribution is -0.133. The zero-order valence-corrected chi connectivity index (χ0v) is 14.0. The molecule has 1 heterocycles. The highest BCUT2D eigenvalue weighted by Gasteiger charge is 2.40. The Kier molecular flexibility index (Phi) is 5.74. The van der Waals surface area contributed by atoms with E-state index in [0.29, 0.717) is 19.6 Å². The van der Waals surface area contributed by atoms with E-state index >= 15 is 0 Å². The van der Waals surface area contributed by atoms with Crippen molar-refractivity contribution in [3.8, 4) is 0 Å². The van der Waals surface area contributed by atoms with Gasteiger partial charge in [-0.05, 0) is 24.1 Å². The molecule has 0 unspecified atom stereocenters. The van der Waals surface area contributed by atoms with E-state index in [4.69, 9.17) is 0 Å². The molecule has 2 rings (SSSR count). The van der Waals surface area contributed by atoms with E-state index < -0.39 is 0 Å². The summed E-state index contributed by atoms with van der Waals surface area (Å²) in [5, 5.41) is 2.91. The second-order valence-electron chi connectivity index (χ2n) is 6.46. The number of hydrogen-bond donors (Lipinski definition) is 1. The average Bonchev–Trinajstić information content (AvgIpc) is 2.97. The van der Waals surface area contributed by atoms with Gasteiger partial charge < -0.3 is 10.2 Å². The molecule has 1 fully saturated rings. The Balaban J connectivity index is 2.24. The Morgan fingerprint density at radius 1 is 1.35 bits per heavy atom. The molecule has 2 amide bonds. The topological polar surface area (TPSA) is 49.4 Å². The van der Waals surface area contributed by atoms with Crippen LogP contribution in [0.1, 0.15) is 38.7 Å². The summed E-state index contributed by atoms with van der Waals surface area (Å²) in [6.45, 7) is 7.17. The summed E-state index contributed by atoms with van der Waals surface area (Å²) in [6.07, 6.45) is 0.859. The van der Waals surface area contributed by atoms with E-state index in [1.165, 1.54) is 12.1 Å². The lowest BCUT2D eigenvalue weighted by Crippen LogP contribution is -2.36. The number of rotatable bonds is 5. The van der Waals surface area contributed by atoms with Crippen LogP contribution in [-0.4, -0.2) is 36.3 Å². The van der Waals surface area contributed by atoms with Gasteiger partial charge in [-0.1, -0.05) is 32.9 Å². The third kappa shape index (κ3) is 4.09. The number of amides is 2. The second-order valence-corrected chi connectivity index (χ2v) is 6.46. The monoisotopic (exact) mass is 320 g/mol. The average molecular weight is 320 g/mol. The van der Waals surface area contributed by atoms with E-state index in [9.17, 15) is 14.0 Å². The molecule has 1 aromatic rings. The van der Waals surface area contributed by atoms with E-state index in [-0.39, 0.29) is 35.4 Å². The van der Waals surface area contributed by atoms with Gasteiger partial charge in [0.2, 0.25) is 11.8 Å². The number of carbonyl (C=O) groups excluding carboxylic acids is 2.